The predicted molar refractivity (Wildman–Crippen MR) is 65.0 cm³/mol. The molecule has 1 aliphatic rings. The third-order valence-corrected chi connectivity index (χ3v) is 2.79. The molecule has 92 valence electrons. The molecule has 0 aliphatic carbocycles. The topological polar surface area (TPSA) is 73.6 Å². The smallest absolute Gasteiger partial charge is 0.337 e. The minimum Gasteiger partial charge on any atom is -0.465 e. The van der Waals surface area contributed by atoms with E-state index >= 15 is 0 Å². The molecule has 1 fully saturated rings. The average molecular weight is 236 g/mol. The SMILES string of the molecule is COC(=O)c1ccc(NCC2CCO2)c(N)c1. The van der Waals surface area contributed by atoms with E-state index < -0.39 is 0 Å². The standard InChI is InChI=1S/C12H16N2O3/c1-16-12(15)8-2-3-11(10(13)6-8)14-7-9-4-5-17-9/h2-3,6,9,14H,4-5,7,13H2,1H3. The lowest BCUT2D eigenvalue weighted by Crippen LogP contribution is -2.33. The van der Waals surface area contributed by atoms with Gasteiger partial charge in [-0.1, -0.05) is 0 Å². The highest BCUT2D eigenvalue weighted by Crippen LogP contribution is 2.21. The van der Waals surface area contributed by atoms with Crippen molar-refractivity contribution in [2.45, 2.75) is 12.5 Å². The first kappa shape index (κ1) is 11.7. The lowest BCUT2D eigenvalue weighted by molar-refractivity contribution is -0.0410. The Labute approximate surface area is 99.9 Å². The van der Waals surface area contributed by atoms with Crippen molar-refractivity contribution in [1.29, 1.82) is 0 Å². The third kappa shape index (κ3) is 2.68. The van der Waals surface area contributed by atoms with Crippen LogP contribution in [0.1, 0.15) is 16.8 Å². The quantitative estimate of drug-likeness (QED) is 0.608. The van der Waals surface area contributed by atoms with Crippen molar-refractivity contribution in [2.24, 2.45) is 0 Å². The zero-order valence-corrected chi connectivity index (χ0v) is 9.73. The Morgan fingerprint density at radius 2 is 2.41 bits per heavy atom. The number of rotatable bonds is 4. The van der Waals surface area contributed by atoms with Crippen molar-refractivity contribution in [2.75, 3.05) is 31.3 Å². The number of hydrogen-bond acceptors (Lipinski definition) is 5. The van der Waals surface area contributed by atoms with Gasteiger partial charge in [0.25, 0.3) is 0 Å². The van der Waals surface area contributed by atoms with Gasteiger partial charge in [0, 0.05) is 13.2 Å². The van der Waals surface area contributed by atoms with Gasteiger partial charge >= 0.3 is 5.97 Å². The summed E-state index contributed by atoms with van der Waals surface area (Å²) in [5.74, 6) is -0.384. The monoisotopic (exact) mass is 236 g/mol. The van der Waals surface area contributed by atoms with Crippen molar-refractivity contribution in [1.82, 2.24) is 0 Å². The van der Waals surface area contributed by atoms with Gasteiger partial charge in [-0.3, -0.25) is 0 Å². The van der Waals surface area contributed by atoms with Crippen LogP contribution < -0.4 is 11.1 Å². The molecule has 1 heterocycles. The molecule has 0 radical (unpaired) electrons. The van der Waals surface area contributed by atoms with Crippen LogP contribution in [0.3, 0.4) is 0 Å². The molecule has 1 atom stereocenters. The van der Waals surface area contributed by atoms with Crippen LogP contribution in [0.5, 0.6) is 0 Å². The average Bonchev–Trinajstić information content (AvgIpc) is 2.28. The van der Waals surface area contributed by atoms with E-state index in [9.17, 15) is 4.79 Å². The van der Waals surface area contributed by atoms with Crippen LogP contribution in [0.25, 0.3) is 0 Å². The zero-order valence-electron chi connectivity index (χ0n) is 9.73. The summed E-state index contributed by atoms with van der Waals surface area (Å²) in [6.45, 7) is 1.57. The molecule has 17 heavy (non-hydrogen) atoms. The van der Waals surface area contributed by atoms with Crippen molar-refractivity contribution >= 4 is 17.3 Å². The molecule has 1 aromatic rings. The molecule has 0 aromatic heterocycles. The lowest BCUT2D eigenvalue weighted by atomic mass is 10.1. The molecule has 0 bridgehead atoms. The van der Waals surface area contributed by atoms with Crippen molar-refractivity contribution in [3.05, 3.63) is 23.8 Å². The summed E-state index contributed by atoms with van der Waals surface area (Å²) in [4.78, 5) is 11.3. The Morgan fingerprint density at radius 1 is 1.65 bits per heavy atom. The van der Waals surface area contributed by atoms with Gasteiger partial charge < -0.3 is 20.5 Å². The number of anilines is 2. The second-order valence-electron chi connectivity index (χ2n) is 3.96. The molecule has 1 aromatic carbocycles. The van der Waals surface area contributed by atoms with Crippen molar-refractivity contribution < 1.29 is 14.3 Å². The minimum atomic E-state index is -0.384. The molecule has 3 N–H and O–H groups in total. The van der Waals surface area contributed by atoms with Gasteiger partial charge in [-0.25, -0.2) is 4.79 Å². The van der Waals surface area contributed by atoms with Crippen LogP contribution in [0.15, 0.2) is 18.2 Å². The molecule has 5 nitrogen and oxygen atoms in total. The molecule has 0 amide bonds. The second-order valence-corrected chi connectivity index (χ2v) is 3.96. The number of benzene rings is 1. The second kappa shape index (κ2) is 5.05. The summed E-state index contributed by atoms with van der Waals surface area (Å²) >= 11 is 0. The van der Waals surface area contributed by atoms with E-state index in [-0.39, 0.29) is 12.1 Å². The van der Waals surface area contributed by atoms with E-state index in [2.05, 4.69) is 10.1 Å². The Balaban J connectivity index is 2.00. The van der Waals surface area contributed by atoms with E-state index in [0.29, 0.717) is 11.3 Å². The van der Waals surface area contributed by atoms with Crippen LogP contribution in [0.4, 0.5) is 11.4 Å². The number of ether oxygens (including phenoxy) is 2. The van der Waals surface area contributed by atoms with Crippen molar-refractivity contribution in [3.63, 3.8) is 0 Å². The molecule has 5 heteroatoms. The Kier molecular flexibility index (Phi) is 3.49. The summed E-state index contributed by atoms with van der Waals surface area (Å²) in [7, 11) is 1.35. The van der Waals surface area contributed by atoms with Crippen LogP contribution in [0.2, 0.25) is 0 Å². The number of carbonyl (C=O) groups excluding carboxylic acids is 1. The van der Waals surface area contributed by atoms with Crippen LogP contribution in [0, 0.1) is 0 Å². The number of nitrogen functional groups attached to an aromatic ring is 1. The minimum absolute atomic E-state index is 0.273. The van der Waals surface area contributed by atoms with Gasteiger partial charge in [0.05, 0.1) is 30.2 Å². The number of nitrogens with two attached hydrogens (primary N) is 1. The number of nitrogens with one attached hydrogen (secondary N) is 1. The molecule has 1 aliphatic heterocycles. The van der Waals surface area contributed by atoms with Gasteiger partial charge in [-0.05, 0) is 24.6 Å². The maximum absolute atomic E-state index is 11.3. The van der Waals surface area contributed by atoms with Crippen LogP contribution in [-0.4, -0.2) is 32.3 Å². The first-order valence-electron chi connectivity index (χ1n) is 5.54. The van der Waals surface area contributed by atoms with Gasteiger partial charge in [0.2, 0.25) is 0 Å². The lowest BCUT2D eigenvalue weighted by Gasteiger charge is -2.27. The fourth-order valence-corrected chi connectivity index (χ4v) is 1.64. The highest BCUT2D eigenvalue weighted by Gasteiger charge is 2.17. The van der Waals surface area contributed by atoms with Crippen LogP contribution in [-0.2, 0) is 9.47 Å². The molecular formula is C12H16N2O3. The summed E-state index contributed by atoms with van der Waals surface area (Å²) in [6.07, 6.45) is 1.35. The molecule has 1 unspecified atom stereocenters. The van der Waals surface area contributed by atoms with E-state index in [4.69, 9.17) is 10.5 Å². The summed E-state index contributed by atoms with van der Waals surface area (Å²) in [5.41, 5.74) is 7.65. The normalized spacial score (nSPS) is 18.3. The molecule has 0 saturated carbocycles. The van der Waals surface area contributed by atoms with Crippen molar-refractivity contribution in [3.8, 4) is 0 Å². The number of esters is 1. The summed E-state index contributed by atoms with van der Waals surface area (Å²) in [5, 5.41) is 3.20. The molecule has 2 rings (SSSR count). The number of hydrogen-bond donors (Lipinski definition) is 2. The van der Waals surface area contributed by atoms with E-state index in [1.165, 1.54) is 7.11 Å². The fourth-order valence-electron chi connectivity index (χ4n) is 1.64. The largest absolute Gasteiger partial charge is 0.465 e. The zero-order chi connectivity index (χ0) is 12.3. The molecule has 1 saturated heterocycles. The Bertz CT molecular complexity index is 416. The fraction of sp³-hybridized carbons (Fsp3) is 0.417. The van der Waals surface area contributed by atoms with E-state index in [1.54, 1.807) is 18.2 Å². The molecular weight excluding hydrogens is 220 g/mol. The van der Waals surface area contributed by atoms with E-state index in [1.807, 2.05) is 0 Å². The third-order valence-electron chi connectivity index (χ3n) is 2.79. The maximum atomic E-state index is 11.3. The highest BCUT2D eigenvalue weighted by molar-refractivity contribution is 5.91. The predicted octanol–water partition coefficient (Wildman–Crippen LogP) is 1.26. The van der Waals surface area contributed by atoms with Gasteiger partial charge in [-0.15, -0.1) is 0 Å². The summed E-state index contributed by atoms with van der Waals surface area (Å²) in [6, 6.07) is 5.07. The highest BCUT2D eigenvalue weighted by atomic mass is 16.5. The van der Waals surface area contributed by atoms with Gasteiger partial charge in [0.15, 0.2) is 0 Å². The first-order chi connectivity index (χ1) is 8.20. The maximum Gasteiger partial charge on any atom is 0.337 e. The number of methoxy groups -OCH3 is 1. The Hall–Kier alpha value is -1.75. The van der Waals surface area contributed by atoms with E-state index in [0.717, 1.165) is 25.3 Å². The van der Waals surface area contributed by atoms with Gasteiger partial charge in [0.1, 0.15) is 0 Å². The number of carbonyl (C=O) groups is 1. The van der Waals surface area contributed by atoms with Crippen LogP contribution >= 0.6 is 0 Å². The molecule has 0 spiro atoms. The first-order valence-corrected chi connectivity index (χ1v) is 5.54. The van der Waals surface area contributed by atoms with Gasteiger partial charge in [-0.2, -0.15) is 0 Å². The summed E-state index contributed by atoms with van der Waals surface area (Å²) < 4.78 is 9.92. The Morgan fingerprint density at radius 3 is 2.94 bits per heavy atom.